The number of carbonyl (C=O) groups is 1. The summed E-state index contributed by atoms with van der Waals surface area (Å²) in [5.74, 6) is 0.0223. The molecule has 1 atom stereocenters. The van der Waals surface area contributed by atoms with E-state index in [2.05, 4.69) is 10.6 Å². The van der Waals surface area contributed by atoms with Gasteiger partial charge in [-0.05, 0) is 42.3 Å². The van der Waals surface area contributed by atoms with Gasteiger partial charge in [0.25, 0.3) is 0 Å². The van der Waals surface area contributed by atoms with Crippen molar-refractivity contribution in [1.82, 2.24) is 0 Å². The lowest BCUT2D eigenvalue weighted by atomic mass is 10.1. The molecule has 1 unspecified atom stereocenters. The molecule has 2 N–H and O–H groups in total. The second kappa shape index (κ2) is 8.37. The number of halogens is 1. The van der Waals surface area contributed by atoms with Crippen molar-refractivity contribution in [2.24, 2.45) is 5.92 Å². The Bertz CT molecular complexity index is 767. The Hall–Kier alpha value is -2.51. The summed E-state index contributed by atoms with van der Waals surface area (Å²) in [5.41, 5.74) is 3.12. The average molecular weight is 342 g/mol. The van der Waals surface area contributed by atoms with Crippen molar-refractivity contribution >= 4 is 28.9 Å². The molecule has 0 fully saturated rings. The van der Waals surface area contributed by atoms with Crippen LogP contribution < -0.4 is 10.6 Å². The monoisotopic (exact) mass is 341 g/mol. The van der Waals surface area contributed by atoms with Gasteiger partial charge in [0.1, 0.15) is 6.07 Å². The number of hydrogen-bond acceptors (Lipinski definition) is 3. The van der Waals surface area contributed by atoms with Gasteiger partial charge in [-0.15, -0.1) is 0 Å². The van der Waals surface area contributed by atoms with Crippen LogP contribution in [0.5, 0.6) is 0 Å². The van der Waals surface area contributed by atoms with E-state index in [0.29, 0.717) is 17.1 Å². The summed E-state index contributed by atoms with van der Waals surface area (Å²) in [5, 5.41) is 15.5. The van der Waals surface area contributed by atoms with E-state index in [1.54, 1.807) is 12.1 Å². The minimum Gasteiger partial charge on any atom is -0.381 e. The van der Waals surface area contributed by atoms with E-state index in [4.69, 9.17) is 16.9 Å². The highest BCUT2D eigenvalue weighted by Gasteiger charge is 2.10. The molecule has 0 aliphatic rings. The second-order valence-corrected chi connectivity index (χ2v) is 6.07. The highest BCUT2D eigenvalue weighted by Crippen LogP contribution is 2.21. The lowest BCUT2D eigenvalue weighted by Gasteiger charge is -2.12. The quantitative estimate of drug-likeness (QED) is 0.792. The molecule has 0 radical (unpaired) electrons. The molecule has 2 aromatic rings. The molecule has 0 saturated carbocycles. The number of hydrogen-bond donors (Lipinski definition) is 2. The molecule has 0 saturated heterocycles. The maximum Gasteiger partial charge on any atom is 0.227 e. The van der Waals surface area contributed by atoms with Gasteiger partial charge in [0.15, 0.2) is 0 Å². The van der Waals surface area contributed by atoms with Gasteiger partial charge in [-0.3, -0.25) is 4.79 Å². The van der Waals surface area contributed by atoms with Crippen LogP contribution in [0.25, 0.3) is 0 Å². The van der Waals surface area contributed by atoms with Gasteiger partial charge in [0, 0.05) is 23.8 Å². The molecular formula is C19H20ClN3O. The van der Waals surface area contributed by atoms with Crippen LogP contribution in [0.15, 0.2) is 42.5 Å². The van der Waals surface area contributed by atoms with Crippen molar-refractivity contribution in [2.75, 3.05) is 10.6 Å². The third kappa shape index (κ3) is 4.74. The Morgan fingerprint density at radius 1 is 1.25 bits per heavy atom. The lowest BCUT2D eigenvalue weighted by molar-refractivity contribution is -0.119. The molecule has 4 nitrogen and oxygen atoms in total. The fourth-order valence-corrected chi connectivity index (χ4v) is 2.35. The largest absolute Gasteiger partial charge is 0.381 e. The second-order valence-electron chi connectivity index (χ2n) is 5.66. The highest BCUT2D eigenvalue weighted by molar-refractivity contribution is 6.32. The molecule has 0 spiro atoms. The van der Waals surface area contributed by atoms with Crippen molar-refractivity contribution in [3.63, 3.8) is 0 Å². The van der Waals surface area contributed by atoms with Crippen molar-refractivity contribution in [2.45, 2.75) is 26.8 Å². The fraction of sp³-hybridized carbons (Fsp3) is 0.263. The van der Waals surface area contributed by atoms with Gasteiger partial charge in [-0.2, -0.15) is 5.26 Å². The zero-order valence-corrected chi connectivity index (χ0v) is 14.5. The van der Waals surface area contributed by atoms with E-state index in [0.717, 1.165) is 23.4 Å². The van der Waals surface area contributed by atoms with Crippen LogP contribution in [0, 0.1) is 17.2 Å². The fourth-order valence-electron chi connectivity index (χ4n) is 2.13. The first-order valence-electron chi connectivity index (χ1n) is 7.86. The Labute approximate surface area is 147 Å². The molecule has 0 bridgehead atoms. The number of amides is 1. The van der Waals surface area contributed by atoms with Gasteiger partial charge in [0.05, 0.1) is 10.6 Å². The number of nitrogens with one attached hydrogen (secondary N) is 2. The number of anilines is 2. The molecule has 0 aromatic heterocycles. The Morgan fingerprint density at radius 2 is 2.04 bits per heavy atom. The van der Waals surface area contributed by atoms with E-state index in [1.165, 1.54) is 0 Å². The van der Waals surface area contributed by atoms with Crippen LogP contribution in [0.2, 0.25) is 5.02 Å². The number of rotatable bonds is 6. The van der Waals surface area contributed by atoms with Crippen LogP contribution in [0.1, 0.15) is 31.4 Å². The van der Waals surface area contributed by atoms with Gasteiger partial charge in [0.2, 0.25) is 5.91 Å². The molecule has 2 aromatic carbocycles. The number of benzene rings is 2. The van der Waals surface area contributed by atoms with Gasteiger partial charge in [-0.1, -0.05) is 37.6 Å². The van der Waals surface area contributed by atoms with Crippen molar-refractivity contribution < 1.29 is 4.79 Å². The molecule has 5 heteroatoms. The SMILES string of the molecule is CCC(C)C(=O)Nc1cccc(CNc2ccc(C#N)c(Cl)c2)c1. The Kier molecular flexibility index (Phi) is 6.22. The maximum absolute atomic E-state index is 12.0. The van der Waals surface area contributed by atoms with Crippen molar-refractivity contribution in [3.05, 3.63) is 58.6 Å². The van der Waals surface area contributed by atoms with Crippen LogP contribution in [-0.4, -0.2) is 5.91 Å². The predicted octanol–water partition coefficient (Wildman–Crippen LogP) is 4.81. The zero-order valence-electron chi connectivity index (χ0n) is 13.8. The van der Waals surface area contributed by atoms with Crippen LogP contribution in [0.4, 0.5) is 11.4 Å². The van der Waals surface area contributed by atoms with E-state index in [-0.39, 0.29) is 11.8 Å². The summed E-state index contributed by atoms with van der Waals surface area (Å²) in [7, 11) is 0. The highest BCUT2D eigenvalue weighted by atomic mass is 35.5. The maximum atomic E-state index is 12.0. The lowest BCUT2D eigenvalue weighted by Crippen LogP contribution is -2.19. The summed E-state index contributed by atoms with van der Waals surface area (Å²) < 4.78 is 0. The minimum absolute atomic E-state index is 0.00688. The molecule has 24 heavy (non-hydrogen) atoms. The summed E-state index contributed by atoms with van der Waals surface area (Å²) >= 11 is 6.03. The number of nitriles is 1. The normalized spacial score (nSPS) is 11.4. The predicted molar refractivity (Wildman–Crippen MR) is 98.0 cm³/mol. The molecular weight excluding hydrogens is 322 g/mol. The number of nitrogens with zero attached hydrogens (tertiary/aromatic N) is 1. The molecule has 0 heterocycles. The van der Waals surface area contributed by atoms with Crippen LogP contribution in [0.3, 0.4) is 0 Å². The van der Waals surface area contributed by atoms with Crippen LogP contribution in [-0.2, 0) is 11.3 Å². The molecule has 0 aliphatic heterocycles. The third-order valence-electron chi connectivity index (χ3n) is 3.84. The van der Waals surface area contributed by atoms with Crippen LogP contribution >= 0.6 is 11.6 Å². The van der Waals surface area contributed by atoms with E-state index in [9.17, 15) is 4.79 Å². The topological polar surface area (TPSA) is 64.9 Å². The summed E-state index contributed by atoms with van der Waals surface area (Å²) in [6.07, 6.45) is 0.812. The molecule has 0 aliphatic carbocycles. The standard InChI is InChI=1S/C19H20ClN3O/c1-3-13(2)19(24)23-17-6-4-5-14(9-17)12-22-16-8-7-15(11-21)18(20)10-16/h4-10,13,22H,3,12H2,1-2H3,(H,23,24). The number of carbonyl (C=O) groups excluding carboxylic acids is 1. The minimum atomic E-state index is -0.00688. The molecule has 2 rings (SSSR count). The van der Waals surface area contributed by atoms with Gasteiger partial charge < -0.3 is 10.6 Å². The first-order chi connectivity index (χ1) is 11.5. The van der Waals surface area contributed by atoms with Gasteiger partial charge in [-0.25, -0.2) is 0 Å². The van der Waals surface area contributed by atoms with E-state index in [1.807, 2.05) is 50.2 Å². The smallest absolute Gasteiger partial charge is 0.227 e. The summed E-state index contributed by atoms with van der Waals surface area (Å²) in [4.78, 5) is 12.0. The van der Waals surface area contributed by atoms with Crippen molar-refractivity contribution in [1.29, 1.82) is 5.26 Å². The Morgan fingerprint density at radius 3 is 2.71 bits per heavy atom. The van der Waals surface area contributed by atoms with E-state index < -0.39 is 0 Å². The molecule has 124 valence electrons. The molecule has 1 amide bonds. The van der Waals surface area contributed by atoms with Crippen molar-refractivity contribution in [3.8, 4) is 6.07 Å². The summed E-state index contributed by atoms with van der Waals surface area (Å²) in [6, 6.07) is 15.0. The van der Waals surface area contributed by atoms with E-state index >= 15 is 0 Å². The zero-order chi connectivity index (χ0) is 17.5. The first kappa shape index (κ1) is 17.8. The summed E-state index contributed by atoms with van der Waals surface area (Å²) in [6.45, 7) is 4.50. The Balaban J connectivity index is 2.01. The third-order valence-corrected chi connectivity index (χ3v) is 4.15. The average Bonchev–Trinajstić information content (AvgIpc) is 2.59. The van der Waals surface area contributed by atoms with Gasteiger partial charge >= 0.3 is 0 Å². The first-order valence-corrected chi connectivity index (χ1v) is 8.24.